The zero-order valence-electron chi connectivity index (χ0n) is 13.1. The maximum Gasteiger partial charge on any atom is 0.159 e. The third-order valence-corrected chi connectivity index (χ3v) is 4.01. The van der Waals surface area contributed by atoms with Crippen LogP contribution in [0.15, 0.2) is 30.3 Å². The minimum absolute atomic E-state index is 0.107. The Hall–Kier alpha value is -1.19. The third-order valence-electron chi connectivity index (χ3n) is 4.01. The van der Waals surface area contributed by atoms with Gasteiger partial charge in [0.05, 0.1) is 6.04 Å². The number of likely N-dealkylation sites (N-methyl/N-ethyl adjacent to an activating group) is 1. The molecule has 1 aromatic carbocycles. The zero-order valence-corrected chi connectivity index (χ0v) is 13.1. The number of piperazine rings is 1. The molecule has 0 spiro atoms. The summed E-state index contributed by atoms with van der Waals surface area (Å²) in [6.45, 7) is 10.0. The number of Topliss-reactive ketones (excluding diaryl/α,β-unsaturated/α-hetero) is 1. The second kappa shape index (κ2) is 6.06. The van der Waals surface area contributed by atoms with Gasteiger partial charge in [-0.3, -0.25) is 9.69 Å². The first-order chi connectivity index (χ1) is 9.39. The van der Waals surface area contributed by atoms with Crippen molar-refractivity contribution in [3.05, 3.63) is 35.9 Å². The van der Waals surface area contributed by atoms with Gasteiger partial charge in [-0.1, -0.05) is 51.1 Å². The third kappa shape index (κ3) is 3.47. The molecule has 1 heterocycles. The zero-order chi connectivity index (χ0) is 14.8. The number of nitrogens with zero attached hydrogens (tertiary/aromatic N) is 2. The van der Waals surface area contributed by atoms with Crippen molar-refractivity contribution in [2.75, 3.05) is 33.2 Å². The normalized spacial score (nSPS) is 19.8. The summed E-state index contributed by atoms with van der Waals surface area (Å²) in [6.07, 6.45) is 0. The molecule has 0 amide bonds. The van der Waals surface area contributed by atoms with Gasteiger partial charge in [-0.15, -0.1) is 0 Å². The smallest absolute Gasteiger partial charge is 0.159 e. The van der Waals surface area contributed by atoms with Gasteiger partial charge in [0.1, 0.15) is 0 Å². The van der Waals surface area contributed by atoms with E-state index in [0.717, 1.165) is 31.7 Å². The maximum atomic E-state index is 12.9. The van der Waals surface area contributed by atoms with Gasteiger partial charge in [0.2, 0.25) is 0 Å². The van der Waals surface area contributed by atoms with Crippen molar-refractivity contribution >= 4 is 5.78 Å². The molecule has 1 aliphatic heterocycles. The van der Waals surface area contributed by atoms with Gasteiger partial charge in [-0.2, -0.15) is 0 Å². The topological polar surface area (TPSA) is 23.6 Å². The molecule has 0 saturated carbocycles. The highest BCUT2D eigenvalue weighted by molar-refractivity contribution is 5.89. The van der Waals surface area contributed by atoms with E-state index in [1.807, 2.05) is 39.0 Å². The van der Waals surface area contributed by atoms with E-state index in [0.29, 0.717) is 5.78 Å². The van der Waals surface area contributed by atoms with Crippen molar-refractivity contribution in [2.24, 2.45) is 5.41 Å². The Labute approximate surface area is 122 Å². The second-order valence-electron chi connectivity index (χ2n) is 6.77. The fraction of sp³-hybridized carbons (Fsp3) is 0.588. The Bertz CT molecular complexity index is 442. The van der Waals surface area contributed by atoms with E-state index in [1.54, 1.807) is 0 Å². The van der Waals surface area contributed by atoms with Crippen LogP contribution in [0.4, 0.5) is 0 Å². The number of hydrogen-bond donors (Lipinski definition) is 0. The summed E-state index contributed by atoms with van der Waals surface area (Å²) in [4.78, 5) is 17.5. The lowest BCUT2D eigenvalue weighted by Gasteiger charge is -2.39. The summed E-state index contributed by atoms with van der Waals surface area (Å²) in [6, 6.07) is 10.1. The molecule has 20 heavy (non-hydrogen) atoms. The first kappa shape index (κ1) is 15.2. The number of hydrogen-bond acceptors (Lipinski definition) is 3. The highest BCUT2D eigenvalue weighted by Crippen LogP contribution is 2.30. The van der Waals surface area contributed by atoms with Crippen molar-refractivity contribution < 1.29 is 4.79 Å². The van der Waals surface area contributed by atoms with Gasteiger partial charge in [0.25, 0.3) is 0 Å². The van der Waals surface area contributed by atoms with Crippen LogP contribution in [0.1, 0.15) is 32.4 Å². The van der Waals surface area contributed by atoms with E-state index in [2.05, 4.69) is 29.0 Å². The SMILES string of the molecule is CN1CCN(C(C(=O)C(C)(C)C)c2ccccc2)CC1. The first-order valence-corrected chi connectivity index (χ1v) is 7.41. The van der Waals surface area contributed by atoms with E-state index in [1.165, 1.54) is 0 Å². The Kier molecular flexibility index (Phi) is 4.61. The molecule has 0 aromatic heterocycles. The molecular formula is C17H26N2O. The Morgan fingerprint density at radius 3 is 2.10 bits per heavy atom. The van der Waals surface area contributed by atoms with Gasteiger partial charge >= 0.3 is 0 Å². The predicted molar refractivity (Wildman–Crippen MR) is 82.7 cm³/mol. The molecule has 0 N–H and O–H groups in total. The number of carbonyl (C=O) groups is 1. The summed E-state index contributed by atoms with van der Waals surface area (Å²) < 4.78 is 0. The largest absolute Gasteiger partial charge is 0.304 e. The molecule has 1 unspecified atom stereocenters. The number of benzene rings is 1. The van der Waals surface area contributed by atoms with Crippen molar-refractivity contribution in [3.63, 3.8) is 0 Å². The minimum atomic E-state index is -0.316. The lowest BCUT2D eigenvalue weighted by atomic mass is 9.83. The second-order valence-corrected chi connectivity index (χ2v) is 6.77. The molecule has 0 bridgehead atoms. The van der Waals surface area contributed by atoms with Gasteiger partial charge in [-0.05, 0) is 12.6 Å². The van der Waals surface area contributed by atoms with E-state index >= 15 is 0 Å². The van der Waals surface area contributed by atoms with Gasteiger partial charge in [0, 0.05) is 31.6 Å². The fourth-order valence-electron chi connectivity index (χ4n) is 2.65. The summed E-state index contributed by atoms with van der Waals surface area (Å²) in [7, 11) is 2.14. The molecule has 1 saturated heterocycles. The van der Waals surface area contributed by atoms with Gasteiger partial charge in [-0.25, -0.2) is 0 Å². The van der Waals surface area contributed by atoms with Crippen molar-refractivity contribution in [1.29, 1.82) is 0 Å². The lowest BCUT2D eigenvalue weighted by Crippen LogP contribution is -2.49. The van der Waals surface area contributed by atoms with E-state index in [-0.39, 0.29) is 11.5 Å². The van der Waals surface area contributed by atoms with Crippen LogP contribution in [0, 0.1) is 5.41 Å². The van der Waals surface area contributed by atoms with Crippen LogP contribution in [-0.4, -0.2) is 48.8 Å². The summed E-state index contributed by atoms with van der Waals surface area (Å²) in [5.41, 5.74) is 0.807. The molecule has 3 nitrogen and oxygen atoms in total. The average Bonchev–Trinajstić information content (AvgIpc) is 2.41. The van der Waals surface area contributed by atoms with E-state index < -0.39 is 0 Å². The molecule has 0 radical (unpaired) electrons. The molecule has 1 aliphatic rings. The van der Waals surface area contributed by atoms with Crippen LogP contribution in [0.2, 0.25) is 0 Å². The predicted octanol–water partition coefficient (Wildman–Crippen LogP) is 2.59. The van der Waals surface area contributed by atoms with Crippen LogP contribution in [0.3, 0.4) is 0 Å². The van der Waals surface area contributed by atoms with E-state index in [9.17, 15) is 4.79 Å². The van der Waals surface area contributed by atoms with Crippen LogP contribution in [0.25, 0.3) is 0 Å². The Morgan fingerprint density at radius 1 is 1.05 bits per heavy atom. The van der Waals surface area contributed by atoms with E-state index in [4.69, 9.17) is 0 Å². The first-order valence-electron chi connectivity index (χ1n) is 7.41. The van der Waals surface area contributed by atoms with Crippen LogP contribution in [0.5, 0.6) is 0 Å². The summed E-state index contributed by atoms with van der Waals surface area (Å²) in [5, 5.41) is 0. The number of rotatable bonds is 3. The highest BCUT2D eigenvalue weighted by Gasteiger charge is 2.35. The van der Waals surface area contributed by atoms with Crippen molar-refractivity contribution in [1.82, 2.24) is 9.80 Å². The standard InChI is InChI=1S/C17H26N2O/c1-17(2,3)16(20)15(14-8-6-5-7-9-14)19-12-10-18(4)11-13-19/h5-9,15H,10-13H2,1-4H3. The van der Waals surface area contributed by atoms with Crippen LogP contribution < -0.4 is 0 Å². The molecular weight excluding hydrogens is 248 g/mol. The molecule has 1 aromatic rings. The molecule has 2 rings (SSSR count). The molecule has 0 aliphatic carbocycles. The molecule has 3 heteroatoms. The average molecular weight is 274 g/mol. The van der Waals surface area contributed by atoms with Gasteiger partial charge in [0.15, 0.2) is 5.78 Å². The van der Waals surface area contributed by atoms with Gasteiger partial charge < -0.3 is 4.90 Å². The molecule has 1 atom stereocenters. The molecule has 1 fully saturated rings. The Balaban J connectivity index is 2.28. The van der Waals surface area contributed by atoms with Crippen molar-refractivity contribution in [3.8, 4) is 0 Å². The highest BCUT2D eigenvalue weighted by atomic mass is 16.1. The summed E-state index contributed by atoms with van der Waals surface area (Å²) in [5.74, 6) is 0.313. The van der Waals surface area contributed by atoms with Crippen LogP contribution in [-0.2, 0) is 4.79 Å². The summed E-state index contributed by atoms with van der Waals surface area (Å²) >= 11 is 0. The fourth-order valence-corrected chi connectivity index (χ4v) is 2.65. The molecule has 110 valence electrons. The quantitative estimate of drug-likeness (QED) is 0.846. The van der Waals surface area contributed by atoms with Crippen LogP contribution >= 0.6 is 0 Å². The Morgan fingerprint density at radius 2 is 1.60 bits per heavy atom. The number of ketones is 1. The lowest BCUT2D eigenvalue weighted by molar-refractivity contribution is -0.132. The maximum absolute atomic E-state index is 12.9. The number of carbonyl (C=O) groups excluding carboxylic acids is 1. The monoisotopic (exact) mass is 274 g/mol. The van der Waals surface area contributed by atoms with Crippen molar-refractivity contribution in [2.45, 2.75) is 26.8 Å². The minimum Gasteiger partial charge on any atom is -0.304 e.